The fourth-order valence-corrected chi connectivity index (χ4v) is 4.06. The standard InChI is InChI=1S/C19H32N2O4S/c1-13(2)8-9-14(3)20-18(22)15-10-11-16(25-7)17(12-15)26(23,24)21-19(4,5)6/h10-14,21H,8-9H2,1-7H3,(H,20,22). The van der Waals surface area contributed by atoms with E-state index in [-0.39, 0.29) is 28.2 Å². The van der Waals surface area contributed by atoms with Crippen LogP contribution in [-0.4, -0.2) is 33.0 Å². The molecular weight excluding hydrogens is 352 g/mol. The molecule has 7 heteroatoms. The molecule has 148 valence electrons. The van der Waals surface area contributed by atoms with Crippen molar-refractivity contribution in [2.75, 3.05) is 7.11 Å². The molecule has 0 radical (unpaired) electrons. The molecule has 6 nitrogen and oxygen atoms in total. The summed E-state index contributed by atoms with van der Waals surface area (Å²) < 4.78 is 33.1. The van der Waals surface area contributed by atoms with E-state index in [1.54, 1.807) is 26.8 Å². The molecule has 1 aromatic carbocycles. The lowest BCUT2D eigenvalue weighted by Crippen LogP contribution is -2.40. The molecule has 0 saturated carbocycles. The molecule has 0 saturated heterocycles. The number of hydrogen-bond donors (Lipinski definition) is 2. The molecule has 2 N–H and O–H groups in total. The van der Waals surface area contributed by atoms with Gasteiger partial charge in [-0.3, -0.25) is 4.79 Å². The summed E-state index contributed by atoms with van der Waals surface area (Å²) in [6.45, 7) is 11.5. The first-order chi connectivity index (χ1) is 11.9. The van der Waals surface area contributed by atoms with E-state index in [2.05, 4.69) is 23.9 Å². The quantitative estimate of drug-likeness (QED) is 0.720. The van der Waals surface area contributed by atoms with Crippen LogP contribution >= 0.6 is 0 Å². The molecule has 1 atom stereocenters. The average molecular weight is 385 g/mol. The van der Waals surface area contributed by atoms with Gasteiger partial charge in [-0.1, -0.05) is 13.8 Å². The normalized spacial score (nSPS) is 13.5. The molecule has 1 rings (SSSR count). The highest BCUT2D eigenvalue weighted by molar-refractivity contribution is 7.89. The number of carbonyl (C=O) groups is 1. The summed E-state index contributed by atoms with van der Waals surface area (Å²) in [5.74, 6) is 0.470. The van der Waals surface area contributed by atoms with Gasteiger partial charge in [0, 0.05) is 17.1 Å². The number of ether oxygens (including phenoxy) is 1. The maximum absolute atomic E-state index is 12.7. The summed E-state index contributed by atoms with van der Waals surface area (Å²) in [6, 6.07) is 4.45. The van der Waals surface area contributed by atoms with Crippen LogP contribution in [0.1, 0.15) is 64.7 Å². The molecule has 1 aromatic rings. The molecule has 0 aliphatic carbocycles. The third kappa shape index (κ3) is 6.96. The number of methoxy groups -OCH3 is 1. The van der Waals surface area contributed by atoms with Gasteiger partial charge in [0.15, 0.2) is 0 Å². The molecule has 1 unspecified atom stereocenters. The lowest BCUT2D eigenvalue weighted by molar-refractivity contribution is 0.0937. The monoisotopic (exact) mass is 384 g/mol. The Morgan fingerprint density at radius 3 is 2.27 bits per heavy atom. The molecule has 0 aliphatic heterocycles. The van der Waals surface area contributed by atoms with Crippen molar-refractivity contribution in [3.05, 3.63) is 23.8 Å². The minimum absolute atomic E-state index is 0.0137. The van der Waals surface area contributed by atoms with Crippen molar-refractivity contribution in [2.45, 2.75) is 70.9 Å². The third-order valence-electron chi connectivity index (χ3n) is 3.71. The highest BCUT2D eigenvalue weighted by atomic mass is 32.2. The number of nitrogens with one attached hydrogen (secondary N) is 2. The summed E-state index contributed by atoms with van der Waals surface area (Å²) in [4.78, 5) is 12.5. The van der Waals surface area contributed by atoms with Crippen molar-refractivity contribution >= 4 is 15.9 Å². The average Bonchev–Trinajstić information content (AvgIpc) is 2.50. The van der Waals surface area contributed by atoms with Gasteiger partial charge in [0.25, 0.3) is 5.91 Å². The fraction of sp³-hybridized carbons (Fsp3) is 0.632. The fourth-order valence-electron chi connectivity index (χ4n) is 2.45. The van der Waals surface area contributed by atoms with Gasteiger partial charge in [-0.05, 0) is 64.7 Å². The van der Waals surface area contributed by atoms with Crippen LogP contribution in [0.15, 0.2) is 23.1 Å². The van der Waals surface area contributed by atoms with Crippen molar-refractivity contribution in [1.82, 2.24) is 10.0 Å². The minimum atomic E-state index is -3.82. The molecular formula is C19H32N2O4S. The van der Waals surface area contributed by atoms with Crippen LogP contribution in [0.2, 0.25) is 0 Å². The predicted octanol–water partition coefficient (Wildman–Crippen LogP) is 3.33. The molecule has 0 bridgehead atoms. The van der Waals surface area contributed by atoms with Gasteiger partial charge in [-0.15, -0.1) is 0 Å². The van der Waals surface area contributed by atoms with E-state index in [0.717, 1.165) is 12.8 Å². The van der Waals surface area contributed by atoms with Gasteiger partial charge >= 0.3 is 0 Å². The number of amides is 1. The van der Waals surface area contributed by atoms with E-state index in [1.165, 1.54) is 19.2 Å². The van der Waals surface area contributed by atoms with E-state index in [9.17, 15) is 13.2 Å². The highest BCUT2D eigenvalue weighted by Crippen LogP contribution is 2.26. The molecule has 0 aliphatic rings. The smallest absolute Gasteiger partial charge is 0.251 e. The second-order valence-electron chi connectivity index (χ2n) is 8.07. The second kappa shape index (κ2) is 8.86. The van der Waals surface area contributed by atoms with Gasteiger partial charge < -0.3 is 10.1 Å². The Morgan fingerprint density at radius 2 is 1.77 bits per heavy atom. The first kappa shape index (κ1) is 22.4. The first-order valence-electron chi connectivity index (χ1n) is 8.88. The maximum Gasteiger partial charge on any atom is 0.251 e. The van der Waals surface area contributed by atoms with Gasteiger partial charge in [0.2, 0.25) is 10.0 Å². The van der Waals surface area contributed by atoms with E-state index in [1.807, 2.05) is 6.92 Å². The van der Waals surface area contributed by atoms with Crippen LogP contribution in [0.5, 0.6) is 5.75 Å². The second-order valence-corrected chi connectivity index (χ2v) is 9.72. The summed E-state index contributed by atoms with van der Waals surface area (Å²) in [6.07, 6.45) is 1.88. The zero-order valence-corrected chi connectivity index (χ0v) is 17.7. The minimum Gasteiger partial charge on any atom is -0.495 e. The number of benzene rings is 1. The number of sulfonamides is 1. The molecule has 1 amide bonds. The van der Waals surface area contributed by atoms with Gasteiger partial charge in [0.1, 0.15) is 10.6 Å². The van der Waals surface area contributed by atoms with Crippen LogP contribution in [0.25, 0.3) is 0 Å². The van der Waals surface area contributed by atoms with Crippen LogP contribution in [0, 0.1) is 5.92 Å². The molecule has 0 fully saturated rings. The summed E-state index contributed by atoms with van der Waals surface area (Å²) >= 11 is 0. The summed E-state index contributed by atoms with van der Waals surface area (Å²) in [5, 5.41) is 2.92. The zero-order chi connectivity index (χ0) is 20.1. The van der Waals surface area contributed by atoms with E-state index < -0.39 is 15.6 Å². The Kier molecular flexibility index (Phi) is 7.65. The third-order valence-corrected chi connectivity index (χ3v) is 5.49. The van der Waals surface area contributed by atoms with Gasteiger partial charge in [-0.25, -0.2) is 13.1 Å². The predicted molar refractivity (Wildman–Crippen MR) is 104 cm³/mol. The largest absolute Gasteiger partial charge is 0.495 e. The molecule has 0 spiro atoms. The van der Waals surface area contributed by atoms with Crippen molar-refractivity contribution in [3.8, 4) is 5.75 Å². The Hall–Kier alpha value is -1.60. The topological polar surface area (TPSA) is 84.5 Å². The Morgan fingerprint density at radius 1 is 1.15 bits per heavy atom. The molecule has 0 aromatic heterocycles. The van der Waals surface area contributed by atoms with Crippen molar-refractivity contribution < 1.29 is 17.9 Å². The van der Waals surface area contributed by atoms with Crippen molar-refractivity contribution in [3.63, 3.8) is 0 Å². The van der Waals surface area contributed by atoms with Crippen LogP contribution in [-0.2, 0) is 10.0 Å². The molecule has 26 heavy (non-hydrogen) atoms. The van der Waals surface area contributed by atoms with Crippen LogP contribution in [0.4, 0.5) is 0 Å². The van der Waals surface area contributed by atoms with Gasteiger partial charge in [0.05, 0.1) is 7.11 Å². The lowest BCUT2D eigenvalue weighted by Gasteiger charge is -2.21. The highest BCUT2D eigenvalue weighted by Gasteiger charge is 2.26. The molecule has 0 heterocycles. The summed E-state index contributed by atoms with van der Waals surface area (Å²) in [5.41, 5.74) is -0.357. The number of hydrogen-bond acceptors (Lipinski definition) is 4. The Balaban J connectivity index is 3.07. The van der Waals surface area contributed by atoms with Gasteiger partial charge in [-0.2, -0.15) is 0 Å². The SMILES string of the molecule is COc1ccc(C(=O)NC(C)CCC(C)C)cc1S(=O)(=O)NC(C)(C)C. The lowest BCUT2D eigenvalue weighted by atomic mass is 10.0. The first-order valence-corrected chi connectivity index (χ1v) is 10.4. The van der Waals surface area contributed by atoms with Crippen LogP contribution in [0.3, 0.4) is 0 Å². The number of rotatable bonds is 8. The summed E-state index contributed by atoms with van der Waals surface area (Å²) in [7, 11) is -2.42. The van der Waals surface area contributed by atoms with Crippen LogP contribution < -0.4 is 14.8 Å². The zero-order valence-electron chi connectivity index (χ0n) is 16.8. The van der Waals surface area contributed by atoms with E-state index in [0.29, 0.717) is 5.92 Å². The van der Waals surface area contributed by atoms with Crippen molar-refractivity contribution in [2.24, 2.45) is 5.92 Å². The Bertz CT molecular complexity index is 722. The Labute approximate surface area is 157 Å². The van der Waals surface area contributed by atoms with Crippen molar-refractivity contribution in [1.29, 1.82) is 0 Å². The number of carbonyl (C=O) groups excluding carboxylic acids is 1. The van der Waals surface area contributed by atoms with E-state index in [4.69, 9.17) is 4.74 Å². The maximum atomic E-state index is 12.7. The van der Waals surface area contributed by atoms with E-state index >= 15 is 0 Å².